The first-order valence-electron chi connectivity index (χ1n) is 9.33. The Labute approximate surface area is 144 Å². The predicted molar refractivity (Wildman–Crippen MR) is 92.7 cm³/mol. The molecular weight excluding hydrogens is 304 g/mol. The molecule has 0 bridgehead atoms. The van der Waals surface area contributed by atoms with Crippen molar-refractivity contribution in [2.45, 2.75) is 57.1 Å². The van der Waals surface area contributed by atoms with Gasteiger partial charge in [0, 0.05) is 18.9 Å². The van der Waals surface area contributed by atoms with E-state index in [0.717, 1.165) is 32.4 Å². The van der Waals surface area contributed by atoms with Crippen molar-refractivity contribution in [3.05, 3.63) is 18.5 Å². The lowest BCUT2D eigenvalue weighted by Gasteiger charge is -2.36. The molecule has 0 aromatic carbocycles. The van der Waals surface area contributed by atoms with Crippen LogP contribution in [0.1, 0.15) is 45.4 Å². The Bertz CT molecular complexity index is 511. The lowest BCUT2D eigenvalue weighted by molar-refractivity contribution is -0.132. The van der Waals surface area contributed by atoms with Crippen molar-refractivity contribution in [2.24, 2.45) is 5.92 Å². The minimum atomic E-state index is -0.563. The van der Waals surface area contributed by atoms with E-state index in [-0.39, 0.29) is 5.91 Å². The van der Waals surface area contributed by atoms with Crippen LogP contribution in [0.5, 0.6) is 0 Å². The van der Waals surface area contributed by atoms with Gasteiger partial charge in [-0.3, -0.25) is 9.48 Å². The third-order valence-corrected chi connectivity index (χ3v) is 5.55. The molecule has 2 atom stereocenters. The van der Waals surface area contributed by atoms with Crippen molar-refractivity contribution in [2.75, 3.05) is 26.2 Å². The molecule has 1 aromatic heterocycles. The fourth-order valence-corrected chi connectivity index (χ4v) is 3.99. The lowest BCUT2D eigenvalue weighted by atomic mass is 9.87. The zero-order valence-electron chi connectivity index (χ0n) is 14.7. The number of carbonyl (C=O) groups excluding carboxylic acids is 1. The summed E-state index contributed by atoms with van der Waals surface area (Å²) in [6.45, 7) is 5.10. The molecule has 2 N–H and O–H groups in total. The molecule has 0 radical (unpaired) electrons. The molecule has 3 rings (SSSR count). The third-order valence-electron chi connectivity index (χ3n) is 5.55. The number of carbonyl (C=O) groups is 1. The van der Waals surface area contributed by atoms with Crippen molar-refractivity contribution < 1.29 is 9.53 Å². The van der Waals surface area contributed by atoms with Crippen molar-refractivity contribution in [3.63, 3.8) is 0 Å². The van der Waals surface area contributed by atoms with E-state index in [2.05, 4.69) is 22.7 Å². The summed E-state index contributed by atoms with van der Waals surface area (Å²) in [5.41, 5.74) is -0.563. The van der Waals surface area contributed by atoms with Gasteiger partial charge in [-0.1, -0.05) is 19.8 Å². The Hall–Kier alpha value is -1.40. The van der Waals surface area contributed by atoms with Crippen LogP contribution in [-0.4, -0.2) is 48.0 Å². The average molecular weight is 334 g/mol. The Morgan fingerprint density at radius 2 is 2.17 bits per heavy atom. The second kappa shape index (κ2) is 8.12. The first kappa shape index (κ1) is 17.4. The topological polar surface area (TPSA) is 68.2 Å². The van der Waals surface area contributed by atoms with Crippen LogP contribution in [0.2, 0.25) is 0 Å². The Morgan fingerprint density at radius 1 is 1.38 bits per heavy atom. The summed E-state index contributed by atoms with van der Waals surface area (Å²) in [6.07, 6.45) is 10.5. The zero-order chi connectivity index (χ0) is 16.8. The molecule has 1 amide bonds. The monoisotopic (exact) mass is 334 g/mol. The van der Waals surface area contributed by atoms with Gasteiger partial charge in [0.2, 0.25) is 5.91 Å². The van der Waals surface area contributed by atoms with Crippen molar-refractivity contribution in [3.8, 4) is 0 Å². The minimum absolute atomic E-state index is 0.0630. The van der Waals surface area contributed by atoms with Crippen molar-refractivity contribution in [1.29, 1.82) is 0 Å². The summed E-state index contributed by atoms with van der Waals surface area (Å²) >= 11 is 0. The first-order valence-corrected chi connectivity index (χ1v) is 9.33. The number of hydrogen-bond donors (Lipinski definition) is 2. The van der Waals surface area contributed by atoms with Crippen LogP contribution in [0.25, 0.3) is 0 Å². The van der Waals surface area contributed by atoms with Crippen LogP contribution in [0.15, 0.2) is 18.5 Å². The molecule has 2 aliphatic rings. The molecule has 6 heteroatoms. The first-order chi connectivity index (χ1) is 11.7. The van der Waals surface area contributed by atoms with Gasteiger partial charge in [-0.25, -0.2) is 0 Å². The van der Waals surface area contributed by atoms with E-state index < -0.39 is 5.54 Å². The second-order valence-corrected chi connectivity index (χ2v) is 7.16. The fourth-order valence-electron chi connectivity index (χ4n) is 3.99. The van der Waals surface area contributed by atoms with Gasteiger partial charge < -0.3 is 15.4 Å². The lowest BCUT2D eigenvalue weighted by Crippen LogP contribution is -2.55. The van der Waals surface area contributed by atoms with E-state index in [9.17, 15) is 4.79 Å². The number of nitrogens with one attached hydrogen (secondary N) is 2. The highest BCUT2D eigenvalue weighted by Crippen LogP contribution is 2.27. The fraction of sp³-hybridized carbons (Fsp3) is 0.778. The van der Waals surface area contributed by atoms with Crippen molar-refractivity contribution >= 4 is 5.91 Å². The van der Waals surface area contributed by atoms with Crippen LogP contribution >= 0.6 is 0 Å². The minimum Gasteiger partial charge on any atom is -0.376 e. The van der Waals surface area contributed by atoms with E-state index in [4.69, 9.17) is 4.74 Å². The summed E-state index contributed by atoms with van der Waals surface area (Å²) < 4.78 is 7.83. The van der Waals surface area contributed by atoms with Crippen LogP contribution in [0.3, 0.4) is 0 Å². The summed E-state index contributed by atoms with van der Waals surface area (Å²) in [7, 11) is 0. The van der Waals surface area contributed by atoms with Gasteiger partial charge >= 0.3 is 0 Å². The number of ether oxygens (including phenoxy) is 1. The zero-order valence-corrected chi connectivity index (χ0v) is 14.7. The van der Waals surface area contributed by atoms with Crippen LogP contribution in [-0.2, 0) is 15.1 Å². The van der Waals surface area contributed by atoms with E-state index in [0.29, 0.717) is 25.2 Å². The number of nitrogens with zero attached hydrogens (tertiary/aromatic N) is 2. The van der Waals surface area contributed by atoms with E-state index in [1.807, 2.05) is 16.9 Å². The summed E-state index contributed by atoms with van der Waals surface area (Å²) in [5.74, 6) is 0.697. The molecule has 1 aliphatic heterocycles. The van der Waals surface area contributed by atoms with Crippen LogP contribution < -0.4 is 10.6 Å². The molecule has 1 aromatic rings. The maximum Gasteiger partial charge on any atom is 0.248 e. The van der Waals surface area contributed by atoms with Gasteiger partial charge in [0.1, 0.15) is 5.54 Å². The number of amides is 1. The van der Waals surface area contributed by atoms with Crippen LogP contribution in [0.4, 0.5) is 0 Å². The highest BCUT2D eigenvalue weighted by atomic mass is 16.5. The molecule has 2 heterocycles. The Kier molecular flexibility index (Phi) is 5.89. The van der Waals surface area contributed by atoms with Crippen LogP contribution in [0, 0.1) is 5.92 Å². The maximum absolute atomic E-state index is 12.9. The molecule has 6 nitrogen and oxygen atoms in total. The molecule has 2 unspecified atom stereocenters. The normalized spacial score (nSPS) is 26.9. The number of hydrogen-bond acceptors (Lipinski definition) is 4. The largest absolute Gasteiger partial charge is 0.376 e. The van der Waals surface area contributed by atoms with E-state index in [1.54, 1.807) is 6.20 Å². The third kappa shape index (κ3) is 3.81. The number of aromatic nitrogens is 2. The summed E-state index contributed by atoms with van der Waals surface area (Å²) in [5, 5.41) is 10.8. The van der Waals surface area contributed by atoms with Gasteiger partial charge in [0.05, 0.1) is 12.7 Å². The average Bonchev–Trinajstić information content (AvgIpc) is 3.15. The van der Waals surface area contributed by atoms with E-state index >= 15 is 0 Å². The molecule has 1 saturated carbocycles. The van der Waals surface area contributed by atoms with E-state index in [1.165, 1.54) is 19.3 Å². The molecule has 134 valence electrons. The Morgan fingerprint density at radius 3 is 2.88 bits per heavy atom. The number of piperidine rings is 1. The summed E-state index contributed by atoms with van der Waals surface area (Å²) in [4.78, 5) is 12.9. The highest BCUT2D eigenvalue weighted by Gasteiger charge is 2.41. The number of rotatable bonds is 6. The van der Waals surface area contributed by atoms with Gasteiger partial charge in [0.15, 0.2) is 0 Å². The molecule has 24 heavy (non-hydrogen) atoms. The molecule has 2 fully saturated rings. The van der Waals surface area contributed by atoms with Gasteiger partial charge in [-0.05, 0) is 50.8 Å². The van der Waals surface area contributed by atoms with Gasteiger partial charge in [-0.15, -0.1) is 0 Å². The molecule has 1 saturated heterocycles. The second-order valence-electron chi connectivity index (χ2n) is 7.16. The highest BCUT2D eigenvalue weighted by molar-refractivity contribution is 5.84. The standard InChI is InChI=1S/C18H30N4O2/c1-15-5-2-3-6-16(15)24-14-12-20-17(23)18(7-10-19-11-8-18)22-13-4-9-21-22/h4,9,13,15-16,19H,2-3,5-8,10-12,14H2,1H3,(H,20,23). The summed E-state index contributed by atoms with van der Waals surface area (Å²) in [6, 6.07) is 1.88. The molecule has 0 spiro atoms. The molecule has 1 aliphatic carbocycles. The SMILES string of the molecule is CC1CCCCC1OCCNC(=O)C1(n2cccn2)CCNCC1. The van der Waals surface area contributed by atoms with Gasteiger partial charge in [0.25, 0.3) is 0 Å². The van der Waals surface area contributed by atoms with Crippen molar-refractivity contribution in [1.82, 2.24) is 20.4 Å². The quantitative estimate of drug-likeness (QED) is 0.777. The smallest absolute Gasteiger partial charge is 0.248 e. The predicted octanol–water partition coefficient (Wildman–Crippen LogP) is 1.67. The van der Waals surface area contributed by atoms with Gasteiger partial charge in [-0.2, -0.15) is 5.10 Å². The maximum atomic E-state index is 12.9. The Balaban J connectivity index is 1.51. The molecular formula is C18H30N4O2.